The molecule has 2 aromatic rings. The zero-order valence-electron chi connectivity index (χ0n) is 12.9. The first-order chi connectivity index (χ1) is 11.5. The number of primary amides is 1. The van der Waals surface area contributed by atoms with Crippen LogP contribution in [0.4, 0.5) is 4.39 Å². The Morgan fingerprint density at radius 2 is 1.62 bits per heavy atom. The van der Waals surface area contributed by atoms with Crippen molar-refractivity contribution in [2.24, 2.45) is 5.73 Å². The van der Waals surface area contributed by atoms with Gasteiger partial charge in [0.2, 0.25) is 5.91 Å². The van der Waals surface area contributed by atoms with E-state index in [0.717, 1.165) is 5.56 Å². The SMILES string of the molecule is NC(=O)c1ccc(C(=O)N2C[C@H](O)C[C@@H]2c2ccc(F)cc2)cc1. The van der Waals surface area contributed by atoms with Crippen LogP contribution in [0.3, 0.4) is 0 Å². The summed E-state index contributed by atoms with van der Waals surface area (Å²) in [6.45, 7) is 0.207. The normalized spacial score (nSPS) is 20.2. The van der Waals surface area contributed by atoms with Gasteiger partial charge in [-0.3, -0.25) is 9.59 Å². The maximum Gasteiger partial charge on any atom is 0.254 e. The largest absolute Gasteiger partial charge is 0.391 e. The lowest BCUT2D eigenvalue weighted by Gasteiger charge is -2.25. The number of carbonyl (C=O) groups excluding carboxylic acids is 2. The number of halogens is 1. The second-order valence-corrected chi connectivity index (χ2v) is 5.86. The molecule has 1 aliphatic heterocycles. The molecule has 3 rings (SSSR count). The summed E-state index contributed by atoms with van der Waals surface area (Å²) < 4.78 is 13.1. The molecule has 6 heteroatoms. The quantitative estimate of drug-likeness (QED) is 0.902. The fourth-order valence-electron chi connectivity index (χ4n) is 2.98. The first kappa shape index (κ1) is 16.1. The molecule has 1 fully saturated rings. The van der Waals surface area contributed by atoms with Crippen LogP contribution in [0.1, 0.15) is 38.7 Å². The van der Waals surface area contributed by atoms with Gasteiger partial charge in [-0.25, -0.2) is 4.39 Å². The number of β-amino-alcohol motifs (C(OH)–C–C–N with tert-alkyl or cyclic N) is 1. The molecule has 3 N–H and O–H groups in total. The molecule has 2 atom stereocenters. The predicted octanol–water partition coefficient (Wildman–Crippen LogP) is 1.87. The number of hydrogen-bond donors (Lipinski definition) is 2. The summed E-state index contributed by atoms with van der Waals surface area (Å²) in [6, 6.07) is 11.7. The summed E-state index contributed by atoms with van der Waals surface area (Å²) in [5.41, 5.74) is 6.69. The third-order valence-electron chi connectivity index (χ3n) is 4.21. The molecule has 1 saturated heterocycles. The highest BCUT2D eigenvalue weighted by Crippen LogP contribution is 2.33. The van der Waals surface area contributed by atoms with Crippen LogP contribution < -0.4 is 5.73 Å². The van der Waals surface area contributed by atoms with E-state index >= 15 is 0 Å². The second kappa shape index (κ2) is 6.41. The number of hydrogen-bond acceptors (Lipinski definition) is 3. The topological polar surface area (TPSA) is 83.6 Å². The monoisotopic (exact) mass is 328 g/mol. The summed E-state index contributed by atoms with van der Waals surface area (Å²) in [4.78, 5) is 25.4. The number of aliphatic hydroxyl groups is 1. The smallest absolute Gasteiger partial charge is 0.254 e. The second-order valence-electron chi connectivity index (χ2n) is 5.86. The molecular weight excluding hydrogens is 311 g/mol. The average molecular weight is 328 g/mol. The van der Waals surface area contributed by atoms with Crippen LogP contribution in [0.15, 0.2) is 48.5 Å². The van der Waals surface area contributed by atoms with E-state index in [9.17, 15) is 19.1 Å². The molecule has 0 radical (unpaired) electrons. The molecule has 1 aliphatic rings. The van der Waals surface area contributed by atoms with Gasteiger partial charge < -0.3 is 15.7 Å². The number of nitrogens with two attached hydrogens (primary N) is 1. The lowest BCUT2D eigenvalue weighted by Crippen LogP contribution is -2.31. The molecule has 2 aromatic carbocycles. The number of amides is 2. The van der Waals surface area contributed by atoms with E-state index in [1.807, 2.05) is 0 Å². The van der Waals surface area contributed by atoms with Crippen molar-refractivity contribution >= 4 is 11.8 Å². The third kappa shape index (κ3) is 3.14. The van der Waals surface area contributed by atoms with Gasteiger partial charge in [-0.15, -0.1) is 0 Å². The van der Waals surface area contributed by atoms with Gasteiger partial charge in [0, 0.05) is 17.7 Å². The first-order valence-corrected chi connectivity index (χ1v) is 7.60. The molecular formula is C18H17FN2O3. The Labute approximate surface area is 138 Å². The number of aliphatic hydroxyl groups excluding tert-OH is 1. The number of carbonyl (C=O) groups is 2. The molecule has 2 amide bonds. The standard InChI is InChI=1S/C18H17FN2O3/c19-14-7-5-11(6-8-14)16-9-15(22)10-21(16)18(24)13-3-1-12(2-4-13)17(20)23/h1-8,15-16,22H,9-10H2,(H2,20,23)/t15-,16-/m1/s1. The number of rotatable bonds is 3. The van der Waals surface area contributed by atoms with Crippen LogP contribution in [0.2, 0.25) is 0 Å². The van der Waals surface area contributed by atoms with Gasteiger partial charge in [0.1, 0.15) is 5.82 Å². The highest BCUT2D eigenvalue weighted by Gasteiger charge is 2.35. The molecule has 0 bridgehead atoms. The molecule has 0 saturated carbocycles. The van der Waals surface area contributed by atoms with E-state index in [1.54, 1.807) is 17.0 Å². The molecule has 0 spiro atoms. The van der Waals surface area contributed by atoms with Gasteiger partial charge in [-0.2, -0.15) is 0 Å². The van der Waals surface area contributed by atoms with Crippen molar-refractivity contribution in [3.63, 3.8) is 0 Å². The van der Waals surface area contributed by atoms with Gasteiger partial charge >= 0.3 is 0 Å². The highest BCUT2D eigenvalue weighted by molar-refractivity contribution is 5.97. The highest BCUT2D eigenvalue weighted by atomic mass is 19.1. The van der Waals surface area contributed by atoms with E-state index in [2.05, 4.69) is 0 Å². The van der Waals surface area contributed by atoms with Crippen LogP contribution in [-0.4, -0.2) is 34.5 Å². The maximum absolute atomic E-state index is 13.1. The van der Waals surface area contributed by atoms with Gasteiger partial charge in [0.05, 0.1) is 12.1 Å². The van der Waals surface area contributed by atoms with Crippen molar-refractivity contribution in [1.82, 2.24) is 4.90 Å². The minimum Gasteiger partial charge on any atom is -0.391 e. The summed E-state index contributed by atoms with van der Waals surface area (Å²) in [6.07, 6.45) is -0.231. The number of nitrogens with zero attached hydrogens (tertiary/aromatic N) is 1. The van der Waals surface area contributed by atoms with Crippen LogP contribution in [0, 0.1) is 5.82 Å². The maximum atomic E-state index is 13.1. The summed E-state index contributed by atoms with van der Waals surface area (Å²) in [5.74, 6) is -1.16. The minimum absolute atomic E-state index is 0.207. The molecule has 5 nitrogen and oxygen atoms in total. The molecule has 0 aliphatic carbocycles. The lowest BCUT2D eigenvalue weighted by atomic mass is 10.0. The summed E-state index contributed by atoms with van der Waals surface area (Å²) in [7, 11) is 0. The van der Waals surface area contributed by atoms with E-state index in [1.165, 1.54) is 36.4 Å². The number of likely N-dealkylation sites (tertiary alicyclic amines) is 1. The Hall–Kier alpha value is -2.73. The summed E-state index contributed by atoms with van der Waals surface area (Å²) >= 11 is 0. The molecule has 0 unspecified atom stereocenters. The lowest BCUT2D eigenvalue weighted by molar-refractivity contribution is 0.0715. The first-order valence-electron chi connectivity index (χ1n) is 7.60. The van der Waals surface area contributed by atoms with E-state index in [4.69, 9.17) is 5.73 Å². The molecule has 24 heavy (non-hydrogen) atoms. The van der Waals surface area contributed by atoms with E-state index in [-0.39, 0.29) is 24.3 Å². The van der Waals surface area contributed by atoms with Crippen LogP contribution >= 0.6 is 0 Å². The Morgan fingerprint density at radius 1 is 1.04 bits per heavy atom. The Balaban J connectivity index is 1.86. The van der Waals surface area contributed by atoms with Gasteiger partial charge in [-0.1, -0.05) is 12.1 Å². The minimum atomic E-state index is -0.631. The zero-order valence-corrected chi connectivity index (χ0v) is 12.9. The van der Waals surface area contributed by atoms with Gasteiger partial charge in [-0.05, 0) is 48.4 Å². The van der Waals surface area contributed by atoms with E-state index in [0.29, 0.717) is 17.5 Å². The Morgan fingerprint density at radius 3 is 2.21 bits per heavy atom. The van der Waals surface area contributed by atoms with Crippen molar-refractivity contribution in [1.29, 1.82) is 0 Å². The van der Waals surface area contributed by atoms with Crippen molar-refractivity contribution in [2.75, 3.05) is 6.54 Å². The molecule has 124 valence electrons. The Kier molecular flexibility index (Phi) is 4.31. The van der Waals surface area contributed by atoms with Crippen molar-refractivity contribution in [3.8, 4) is 0 Å². The fourth-order valence-corrected chi connectivity index (χ4v) is 2.98. The average Bonchev–Trinajstić information content (AvgIpc) is 2.96. The van der Waals surface area contributed by atoms with Crippen molar-refractivity contribution in [3.05, 3.63) is 71.0 Å². The van der Waals surface area contributed by atoms with Crippen LogP contribution in [0.25, 0.3) is 0 Å². The van der Waals surface area contributed by atoms with Crippen LogP contribution in [-0.2, 0) is 0 Å². The predicted molar refractivity (Wildman–Crippen MR) is 85.8 cm³/mol. The number of benzene rings is 2. The molecule has 0 aromatic heterocycles. The van der Waals surface area contributed by atoms with Gasteiger partial charge in [0.25, 0.3) is 5.91 Å². The summed E-state index contributed by atoms with van der Waals surface area (Å²) in [5, 5.41) is 9.97. The van der Waals surface area contributed by atoms with Crippen molar-refractivity contribution in [2.45, 2.75) is 18.6 Å². The third-order valence-corrected chi connectivity index (χ3v) is 4.21. The van der Waals surface area contributed by atoms with Crippen LogP contribution in [0.5, 0.6) is 0 Å². The fraction of sp³-hybridized carbons (Fsp3) is 0.222. The molecule has 1 heterocycles. The Bertz CT molecular complexity index is 759. The van der Waals surface area contributed by atoms with Gasteiger partial charge in [0.15, 0.2) is 0 Å². The van der Waals surface area contributed by atoms with Crippen molar-refractivity contribution < 1.29 is 19.1 Å². The zero-order chi connectivity index (χ0) is 17.3. The van der Waals surface area contributed by atoms with E-state index < -0.39 is 12.0 Å².